The number of nitrogens with one attached hydrogen (secondary N) is 4. The second-order valence-electron chi connectivity index (χ2n) is 8.50. The number of rotatable bonds is 4. The lowest BCUT2D eigenvalue weighted by molar-refractivity contribution is 0.706. The highest BCUT2D eigenvalue weighted by Crippen LogP contribution is 2.40. The smallest absolute Gasteiger partial charge is 0.0732 e. The summed E-state index contributed by atoms with van der Waals surface area (Å²) in [5.41, 5.74) is 26.9. The van der Waals surface area contributed by atoms with E-state index in [-0.39, 0.29) is 6.04 Å². The Morgan fingerprint density at radius 3 is 1.70 bits per heavy atom. The summed E-state index contributed by atoms with van der Waals surface area (Å²) >= 11 is 0. The van der Waals surface area contributed by atoms with Gasteiger partial charge in [-0.1, -0.05) is 0 Å². The van der Waals surface area contributed by atoms with Crippen LogP contribution in [0.2, 0.25) is 0 Å². The van der Waals surface area contributed by atoms with Crippen molar-refractivity contribution in [3.63, 3.8) is 0 Å². The minimum Gasteiger partial charge on any atom is -0.361 e. The molecule has 4 heterocycles. The van der Waals surface area contributed by atoms with E-state index in [4.69, 9.17) is 17.2 Å². The van der Waals surface area contributed by atoms with Gasteiger partial charge >= 0.3 is 0 Å². The number of hydrogen-bond acceptors (Lipinski definition) is 3. The summed E-state index contributed by atoms with van der Waals surface area (Å²) in [5.74, 6) is 0. The van der Waals surface area contributed by atoms with E-state index in [2.05, 4.69) is 44.2 Å². The van der Waals surface area contributed by atoms with E-state index in [0.717, 1.165) is 45.1 Å². The molecule has 0 amide bonds. The first-order valence-electron chi connectivity index (χ1n) is 10.3. The molecule has 0 aliphatic heterocycles. The van der Waals surface area contributed by atoms with Crippen molar-refractivity contribution in [3.8, 4) is 0 Å². The largest absolute Gasteiger partial charge is 0.361 e. The lowest BCUT2D eigenvalue weighted by Gasteiger charge is -2.08. The molecule has 2 aromatic carbocycles. The van der Waals surface area contributed by atoms with Crippen LogP contribution in [-0.4, -0.2) is 32.1 Å². The molecule has 0 aliphatic carbocycles. The van der Waals surface area contributed by atoms with Crippen molar-refractivity contribution in [1.29, 1.82) is 0 Å². The van der Waals surface area contributed by atoms with Crippen molar-refractivity contribution < 1.29 is 0 Å². The minimum absolute atomic E-state index is 0.0985. The fraction of sp³-hybridized carbons (Fsp3) is 0.217. The summed E-state index contributed by atoms with van der Waals surface area (Å²) in [6.07, 6.45) is 5.02. The second kappa shape index (κ2) is 6.12. The molecule has 10 N–H and O–H groups in total. The molecule has 6 rings (SSSR count). The van der Waals surface area contributed by atoms with Gasteiger partial charge in [0.25, 0.3) is 0 Å². The maximum absolute atomic E-state index is 6.11. The van der Waals surface area contributed by atoms with Crippen LogP contribution < -0.4 is 17.2 Å². The summed E-state index contributed by atoms with van der Waals surface area (Å²) in [4.78, 5) is 14.1. The summed E-state index contributed by atoms with van der Waals surface area (Å²) in [6, 6.07) is 8.76. The zero-order valence-corrected chi connectivity index (χ0v) is 16.8. The lowest BCUT2D eigenvalue weighted by atomic mass is 10.0. The molecule has 0 aliphatic rings. The van der Waals surface area contributed by atoms with Gasteiger partial charge < -0.3 is 37.1 Å². The molecule has 0 bridgehead atoms. The van der Waals surface area contributed by atoms with Gasteiger partial charge in [-0.15, -0.1) is 0 Å². The number of aromatic nitrogens is 4. The minimum atomic E-state index is -0.391. The molecule has 0 radical (unpaired) electrons. The van der Waals surface area contributed by atoms with E-state index in [9.17, 15) is 0 Å². The Bertz CT molecular complexity index is 1440. The Balaban J connectivity index is 1.73. The summed E-state index contributed by atoms with van der Waals surface area (Å²) in [6.45, 7) is 2.04. The molecule has 0 saturated heterocycles. The normalized spacial score (nSPS) is 13.8. The van der Waals surface area contributed by atoms with Crippen LogP contribution in [0.1, 0.15) is 18.1 Å². The Morgan fingerprint density at radius 2 is 1.23 bits per heavy atom. The van der Waals surface area contributed by atoms with Crippen LogP contribution in [0.15, 0.2) is 36.7 Å². The Kier molecular flexibility index (Phi) is 3.59. The van der Waals surface area contributed by atoms with E-state index in [1.807, 2.05) is 19.3 Å². The topological polar surface area (TPSA) is 141 Å². The fourth-order valence-electron chi connectivity index (χ4n) is 5.04. The third kappa shape index (κ3) is 2.37. The summed E-state index contributed by atoms with van der Waals surface area (Å²) < 4.78 is 0. The second-order valence-corrected chi connectivity index (χ2v) is 8.50. The van der Waals surface area contributed by atoms with Gasteiger partial charge in [0.1, 0.15) is 0 Å². The zero-order chi connectivity index (χ0) is 20.6. The molecule has 1 unspecified atom stereocenters. The van der Waals surface area contributed by atoms with Gasteiger partial charge in [-0.2, -0.15) is 0 Å². The SMILES string of the molecule is CC(N)Cc1cc2[nH]c3c([nH]c4cc(CC(N)N)c5[nH]ccc5c43)c2c2cc[nH]c12. The number of aromatic amines is 4. The summed E-state index contributed by atoms with van der Waals surface area (Å²) in [5, 5.41) is 4.76. The average Bonchev–Trinajstić information content (AvgIpc) is 3.42. The van der Waals surface area contributed by atoms with Crippen molar-refractivity contribution in [1.82, 2.24) is 19.9 Å². The molecule has 30 heavy (non-hydrogen) atoms. The highest BCUT2D eigenvalue weighted by atomic mass is 14.9. The highest BCUT2D eigenvalue weighted by molar-refractivity contribution is 6.28. The van der Waals surface area contributed by atoms with Crippen molar-refractivity contribution in [2.45, 2.75) is 32.0 Å². The third-order valence-corrected chi connectivity index (χ3v) is 6.12. The number of H-pyrrole nitrogens is 4. The maximum Gasteiger partial charge on any atom is 0.0732 e. The number of fused-ring (bicyclic) bond motifs is 9. The van der Waals surface area contributed by atoms with E-state index >= 15 is 0 Å². The molecule has 7 nitrogen and oxygen atoms in total. The number of nitrogens with two attached hydrogens (primary N) is 3. The van der Waals surface area contributed by atoms with Gasteiger partial charge in [0.05, 0.1) is 17.2 Å². The van der Waals surface area contributed by atoms with Crippen molar-refractivity contribution in [3.05, 3.63) is 47.8 Å². The highest BCUT2D eigenvalue weighted by Gasteiger charge is 2.19. The monoisotopic (exact) mass is 399 g/mol. The van der Waals surface area contributed by atoms with Crippen LogP contribution in [0.4, 0.5) is 0 Å². The van der Waals surface area contributed by atoms with Crippen LogP contribution >= 0.6 is 0 Å². The van der Waals surface area contributed by atoms with Gasteiger partial charge in [0.15, 0.2) is 0 Å². The number of hydrogen-bond donors (Lipinski definition) is 7. The molecule has 6 aromatic rings. The van der Waals surface area contributed by atoms with Crippen molar-refractivity contribution in [2.24, 2.45) is 17.2 Å². The first-order chi connectivity index (χ1) is 14.5. The van der Waals surface area contributed by atoms with E-state index in [1.165, 1.54) is 27.1 Å². The lowest BCUT2D eigenvalue weighted by Crippen LogP contribution is -2.32. The van der Waals surface area contributed by atoms with Crippen LogP contribution in [0, 0.1) is 0 Å². The first kappa shape index (κ1) is 17.6. The van der Waals surface area contributed by atoms with E-state index < -0.39 is 6.17 Å². The average molecular weight is 400 g/mol. The predicted molar refractivity (Wildman–Crippen MR) is 125 cm³/mol. The van der Waals surface area contributed by atoms with Crippen molar-refractivity contribution >= 4 is 54.6 Å². The van der Waals surface area contributed by atoms with E-state index in [1.54, 1.807) is 0 Å². The molecular formula is C23H25N7. The standard InChI is InChI=1S/C23H25N7/c1-10(24)6-11-7-15-18(13-2-4-27-20(11)13)22-23(29-15)19-14-3-5-28-21(14)12(9-17(25)26)8-16(19)30-22/h2-5,7-8,10,17,27-30H,6,9,24-26H2,1H3. The molecule has 0 saturated carbocycles. The van der Waals surface area contributed by atoms with Crippen LogP contribution in [-0.2, 0) is 12.8 Å². The van der Waals surface area contributed by atoms with Crippen molar-refractivity contribution in [2.75, 3.05) is 0 Å². The summed E-state index contributed by atoms with van der Waals surface area (Å²) in [7, 11) is 0. The van der Waals surface area contributed by atoms with Gasteiger partial charge in [0.2, 0.25) is 0 Å². The third-order valence-electron chi connectivity index (χ3n) is 6.12. The zero-order valence-electron chi connectivity index (χ0n) is 16.8. The number of benzene rings is 2. The maximum atomic E-state index is 6.11. The van der Waals surface area contributed by atoms with Crippen LogP contribution in [0.25, 0.3) is 54.6 Å². The molecule has 7 heteroatoms. The molecular weight excluding hydrogens is 374 g/mol. The van der Waals surface area contributed by atoms with E-state index in [0.29, 0.717) is 6.42 Å². The quantitative estimate of drug-likeness (QED) is 0.228. The Labute approximate surface area is 172 Å². The van der Waals surface area contributed by atoms with Gasteiger partial charge in [-0.3, -0.25) is 0 Å². The van der Waals surface area contributed by atoms with Crippen LogP contribution in [0.5, 0.6) is 0 Å². The molecule has 1 atom stereocenters. The first-order valence-corrected chi connectivity index (χ1v) is 10.3. The van der Waals surface area contributed by atoms with Gasteiger partial charge in [0, 0.05) is 68.5 Å². The Morgan fingerprint density at radius 1 is 0.733 bits per heavy atom. The molecule has 152 valence electrons. The molecule has 4 aromatic heterocycles. The van der Waals surface area contributed by atoms with Gasteiger partial charge in [-0.25, -0.2) is 0 Å². The Hall–Kier alpha value is -3.26. The van der Waals surface area contributed by atoms with Gasteiger partial charge in [-0.05, 0) is 48.7 Å². The fourth-order valence-corrected chi connectivity index (χ4v) is 5.04. The molecule has 0 spiro atoms. The molecule has 0 fully saturated rings. The predicted octanol–water partition coefficient (Wildman–Crippen LogP) is 3.44. The van der Waals surface area contributed by atoms with Crippen LogP contribution in [0.3, 0.4) is 0 Å².